The Labute approximate surface area is 129 Å². The van der Waals surface area contributed by atoms with Gasteiger partial charge in [0.25, 0.3) is 5.91 Å². The number of hydrogen-bond donors (Lipinski definition) is 2. The van der Waals surface area contributed by atoms with E-state index in [9.17, 15) is 9.90 Å². The summed E-state index contributed by atoms with van der Waals surface area (Å²) in [4.78, 5) is 14.3. The van der Waals surface area contributed by atoms with Gasteiger partial charge >= 0.3 is 0 Å². The Hall–Kier alpha value is -1.89. The van der Waals surface area contributed by atoms with Crippen molar-refractivity contribution in [3.63, 3.8) is 0 Å². The van der Waals surface area contributed by atoms with E-state index in [1.54, 1.807) is 0 Å². The van der Waals surface area contributed by atoms with Gasteiger partial charge in [-0.25, -0.2) is 0 Å². The average Bonchev–Trinajstić information content (AvgIpc) is 2.83. The normalized spacial score (nSPS) is 12.8. The standard InChI is InChI=1S/C16H22N2O4/c1-18(2)9-13-12-6-4-5-7-14(12)22-15(13)16(20)17-8-11(19)10-21-3/h4-7,11,19H,8-10H2,1-3H3,(H,17,20). The monoisotopic (exact) mass is 306 g/mol. The first-order valence-corrected chi connectivity index (χ1v) is 7.13. The number of rotatable bonds is 7. The van der Waals surface area contributed by atoms with Gasteiger partial charge in [0.05, 0.1) is 12.7 Å². The molecular weight excluding hydrogens is 284 g/mol. The van der Waals surface area contributed by atoms with Crippen LogP contribution < -0.4 is 5.32 Å². The maximum atomic E-state index is 12.4. The molecule has 6 nitrogen and oxygen atoms in total. The maximum Gasteiger partial charge on any atom is 0.287 e. The van der Waals surface area contributed by atoms with Gasteiger partial charge in [0.15, 0.2) is 5.76 Å². The number of carbonyl (C=O) groups excluding carboxylic acids is 1. The molecule has 22 heavy (non-hydrogen) atoms. The zero-order valence-corrected chi connectivity index (χ0v) is 13.1. The minimum atomic E-state index is -0.740. The minimum Gasteiger partial charge on any atom is -0.451 e. The predicted octanol–water partition coefficient (Wildman–Crippen LogP) is 1.23. The lowest BCUT2D eigenvalue weighted by Crippen LogP contribution is -2.34. The number of aliphatic hydroxyl groups excluding tert-OH is 1. The lowest BCUT2D eigenvalue weighted by molar-refractivity contribution is 0.0603. The quantitative estimate of drug-likeness (QED) is 0.805. The molecule has 1 heterocycles. The second-order valence-electron chi connectivity index (χ2n) is 5.46. The first kappa shape index (κ1) is 16.5. The van der Waals surface area contributed by atoms with Crippen molar-refractivity contribution in [2.24, 2.45) is 0 Å². The van der Waals surface area contributed by atoms with E-state index < -0.39 is 6.10 Å². The Bertz CT molecular complexity index is 636. The van der Waals surface area contributed by atoms with Crippen LogP contribution in [0, 0.1) is 0 Å². The third kappa shape index (κ3) is 3.85. The minimum absolute atomic E-state index is 0.116. The SMILES string of the molecule is COCC(O)CNC(=O)c1oc2ccccc2c1CN(C)C. The molecule has 0 radical (unpaired) electrons. The Balaban J connectivity index is 2.23. The third-order valence-electron chi connectivity index (χ3n) is 3.24. The van der Waals surface area contributed by atoms with Gasteiger partial charge in [0.2, 0.25) is 0 Å². The molecule has 6 heteroatoms. The molecule has 0 bridgehead atoms. The molecule has 2 aromatic rings. The van der Waals surface area contributed by atoms with Crippen molar-refractivity contribution >= 4 is 16.9 Å². The number of nitrogens with one attached hydrogen (secondary N) is 1. The van der Waals surface area contributed by atoms with Gasteiger partial charge in [0.1, 0.15) is 5.58 Å². The van der Waals surface area contributed by atoms with Crippen LogP contribution in [0.25, 0.3) is 11.0 Å². The molecular formula is C16H22N2O4. The molecule has 120 valence electrons. The summed E-state index contributed by atoms with van der Waals surface area (Å²) in [6, 6.07) is 7.57. The smallest absolute Gasteiger partial charge is 0.287 e. The number of nitrogens with zero attached hydrogens (tertiary/aromatic N) is 1. The van der Waals surface area contributed by atoms with Crippen LogP contribution in [-0.2, 0) is 11.3 Å². The fourth-order valence-electron chi connectivity index (χ4n) is 2.30. The molecule has 0 aliphatic carbocycles. The van der Waals surface area contributed by atoms with Gasteiger partial charge in [-0.3, -0.25) is 4.79 Å². The summed E-state index contributed by atoms with van der Waals surface area (Å²) in [6.45, 7) is 0.885. The molecule has 0 aliphatic rings. The van der Waals surface area contributed by atoms with E-state index in [-0.39, 0.29) is 19.1 Å². The molecule has 1 atom stereocenters. The number of para-hydroxylation sites is 1. The third-order valence-corrected chi connectivity index (χ3v) is 3.24. The topological polar surface area (TPSA) is 74.9 Å². The number of hydrogen-bond acceptors (Lipinski definition) is 5. The number of amides is 1. The fourth-order valence-corrected chi connectivity index (χ4v) is 2.30. The van der Waals surface area contributed by atoms with Crippen molar-refractivity contribution in [1.82, 2.24) is 10.2 Å². The molecule has 1 aromatic heterocycles. The van der Waals surface area contributed by atoms with Crippen molar-refractivity contribution in [3.05, 3.63) is 35.6 Å². The van der Waals surface area contributed by atoms with Gasteiger partial charge in [-0.1, -0.05) is 18.2 Å². The first-order valence-electron chi connectivity index (χ1n) is 7.13. The van der Waals surface area contributed by atoms with Crippen LogP contribution in [0.15, 0.2) is 28.7 Å². The number of furan rings is 1. The molecule has 1 amide bonds. The molecule has 0 saturated heterocycles. The van der Waals surface area contributed by atoms with E-state index in [0.717, 1.165) is 10.9 Å². The Kier molecular flexibility index (Phi) is 5.54. The van der Waals surface area contributed by atoms with Crippen molar-refractivity contribution < 1.29 is 19.1 Å². The summed E-state index contributed by atoms with van der Waals surface area (Å²) in [7, 11) is 5.37. The zero-order chi connectivity index (χ0) is 16.1. The van der Waals surface area contributed by atoms with Gasteiger partial charge in [-0.05, 0) is 20.2 Å². The van der Waals surface area contributed by atoms with Crippen molar-refractivity contribution in [2.75, 3.05) is 34.4 Å². The van der Waals surface area contributed by atoms with Crippen LogP contribution in [0.2, 0.25) is 0 Å². The van der Waals surface area contributed by atoms with Crippen LogP contribution in [0.5, 0.6) is 0 Å². The molecule has 1 aromatic carbocycles. The molecule has 0 saturated carbocycles. The highest BCUT2D eigenvalue weighted by Crippen LogP contribution is 2.26. The Morgan fingerprint density at radius 3 is 2.82 bits per heavy atom. The highest BCUT2D eigenvalue weighted by Gasteiger charge is 2.21. The van der Waals surface area contributed by atoms with Crippen LogP contribution in [0.1, 0.15) is 16.1 Å². The van der Waals surface area contributed by atoms with E-state index in [0.29, 0.717) is 17.9 Å². The summed E-state index contributed by atoms with van der Waals surface area (Å²) in [5, 5.41) is 13.2. The maximum absolute atomic E-state index is 12.4. The molecule has 1 unspecified atom stereocenters. The van der Waals surface area contributed by atoms with Crippen molar-refractivity contribution in [3.8, 4) is 0 Å². The summed E-state index contributed by atoms with van der Waals surface area (Å²) in [5.74, 6) is -0.0391. The van der Waals surface area contributed by atoms with Crippen LogP contribution >= 0.6 is 0 Å². The second kappa shape index (κ2) is 7.40. The lowest BCUT2D eigenvalue weighted by atomic mass is 10.1. The number of fused-ring (bicyclic) bond motifs is 1. The number of methoxy groups -OCH3 is 1. The number of carbonyl (C=O) groups is 1. The lowest BCUT2D eigenvalue weighted by Gasteiger charge is -2.12. The van der Waals surface area contributed by atoms with Crippen molar-refractivity contribution in [2.45, 2.75) is 12.6 Å². The first-order chi connectivity index (χ1) is 10.5. The van der Waals surface area contributed by atoms with E-state index in [4.69, 9.17) is 9.15 Å². The number of ether oxygens (including phenoxy) is 1. The zero-order valence-electron chi connectivity index (χ0n) is 13.1. The summed E-state index contributed by atoms with van der Waals surface area (Å²) >= 11 is 0. The summed E-state index contributed by atoms with van der Waals surface area (Å²) in [6.07, 6.45) is -0.740. The molecule has 2 N–H and O–H groups in total. The van der Waals surface area contributed by atoms with Gasteiger partial charge < -0.3 is 24.5 Å². The van der Waals surface area contributed by atoms with E-state index in [2.05, 4.69) is 5.32 Å². The Morgan fingerprint density at radius 1 is 1.41 bits per heavy atom. The number of aliphatic hydroxyl groups is 1. The highest BCUT2D eigenvalue weighted by atomic mass is 16.5. The predicted molar refractivity (Wildman–Crippen MR) is 83.8 cm³/mol. The largest absolute Gasteiger partial charge is 0.451 e. The second-order valence-corrected chi connectivity index (χ2v) is 5.46. The number of benzene rings is 1. The van der Waals surface area contributed by atoms with E-state index in [1.807, 2.05) is 43.3 Å². The molecule has 2 rings (SSSR count). The van der Waals surface area contributed by atoms with Crippen LogP contribution in [-0.4, -0.2) is 56.4 Å². The van der Waals surface area contributed by atoms with Crippen molar-refractivity contribution in [1.29, 1.82) is 0 Å². The molecule has 0 fully saturated rings. The summed E-state index contributed by atoms with van der Waals surface area (Å²) < 4.78 is 10.5. The van der Waals surface area contributed by atoms with E-state index in [1.165, 1.54) is 7.11 Å². The van der Waals surface area contributed by atoms with Crippen LogP contribution in [0.4, 0.5) is 0 Å². The average molecular weight is 306 g/mol. The van der Waals surface area contributed by atoms with E-state index >= 15 is 0 Å². The summed E-state index contributed by atoms with van der Waals surface area (Å²) in [5.41, 5.74) is 1.53. The van der Waals surface area contributed by atoms with Crippen LogP contribution in [0.3, 0.4) is 0 Å². The Morgan fingerprint density at radius 2 is 2.14 bits per heavy atom. The van der Waals surface area contributed by atoms with Gasteiger partial charge in [0, 0.05) is 31.1 Å². The molecule has 0 spiro atoms. The van der Waals surface area contributed by atoms with Gasteiger partial charge in [-0.2, -0.15) is 0 Å². The molecule has 0 aliphatic heterocycles. The highest BCUT2D eigenvalue weighted by molar-refractivity contribution is 5.99. The van der Waals surface area contributed by atoms with Gasteiger partial charge in [-0.15, -0.1) is 0 Å². The fraction of sp³-hybridized carbons (Fsp3) is 0.438.